The van der Waals surface area contributed by atoms with Gasteiger partial charge in [0, 0.05) is 31.3 Å². The Morgan fingerprint density at radius 1 is 1.48 bits per heavy atom. The quantitative estimate of drug-likeness (QED) is 0.843. The van der Waals surface area contributed by atoms with Crippen LogP contribution in [-0.2, 0) is 0 Å². The van der Waals surface area contributed by atoms with Gasteiger partial charge in [0.05, 0.1) is 6.61 Å². The monoisotopic (exact) mass is 286 g/mol. The second-order valence-electron chi connectivity index (χ2n) is 5.35. The van der Waals surface area contributed by atoms with Crippen molar-refractivity contribution >= 4 is 5.91 Å². The van der Waals surface area contributed by atoms with E-state index in [-0.39, 0.29) is 12.5 Å². The molecule has 1 saturated carbocycles. The fourth-order valence-electron chi connectivity index (χ4n) is 2.32. The van der Waals surface area contributed by atoms with Crippen molar-refractivity contribution in [2.45, 2.75) is 32.6 Å². The predicted molar refractivity (Wildman–Crippen MR) is 81.7 cm³/mol. The molecule has 0 saturated heterocycles. The first-order chi connectivity index (χ1) is 10.2. The summed E-state index contributed by atoms with van der Waals surface area (Å²) < 4.78 is 0. The zero-order valence-corrected chi connectivity index (χ0v) is 12.5. The normalized spacial score (nSPS) is 14.0. The van der Waals surface area contributed by atoms with Gasteiger partial charge in [0.1, 0.15) is 5.69 Å². The lowest BCUT2D eigenvalue weighted by Crippen LogP contribution is -2.37. The Hall–Kier alpha value is -1.86. The number of nitrogens with zero attached hydrogens (tertiary/aromatic N) is 2. The van der Waals surface area contributed by atoms with Gasteiger partial charge in [-0.15, -0.1) is 0 Å². The molecule has 1 amide bonds. The predicted octanol–water partition coefficient (Wildman–Crippen LogP) is 2.08. The molecule has 0 spiro atoms. The molecule has 0 aliphatic heterocycles. The maximum atomic E-state index is 12.4. The van der Waals surface area contributed by atoms with Crippen LogP contribution in [0.25, 0.3) is 0 Å². The van der Waals surface area contributed by atoms with Crippen LogP contribution in [-0.4, -0.2) is 40.6 Å². The van der Waals surface area contributed by atoms with Gasteiger partial charge in [-0.05, 0) is 37.8 Å². The highest BCUT2D eigenvalue weighted by Gasteiger charge is 2.23. The van der Waals surface area contributed by atoms with E-state index >= 15 is 0 Å². The van der Waals surface area contributed by atoms with Crippen LogP contribution in [0.4, 0.5) is 0 Å². The van der Waals surface area contributed by atoms with Gasteiger partial charge in [0.2, 0.25) is 0 Å². The molecule has 1 N–H and O–H groups in total. The summed E-state index contributed by atoms with van der Waals surface area (Å²) in [5, 5.41) is 8.68. The molecule has 112 valence electrons. The molecule has 1 fully saturated rings. The molecule has 1 aliphatic carbocycles. The van der Waals surface area contributed by atoms with Gasteiger partial charge < -0.3 is 10.0 Å². The average molecular weight is 286 g/mol. The van der Waals surface area contributed by atoms with E-state index in [0.29, 0.717) is 18.0 Å². The van der Waals surface area contributed by atoms with Crippen molar-refractivity contribution < 1.29 is 9.90 Å². The molecule has 4 nitrogen and oxygen atoms in total. The Labute approximate surface area is 126 Å². The highest BCUT2D eigenvalue weighted by atomic mass is 16.2. The summed E-state index contributed by atoms with van der Waals surface area (Å²) in [5.74, 6) is 6.41. The summed E-state index contributed by atoms with van der Waals surface area (Å²) in [6.07, 6.45) is 5.82. The third-order valence-electron chi connectivity index (χ3n) is 3.82. The number of aliphatic hydroxyl groups is 1. The van der Waals surface area contributed by atoms with Crippen molar-refractivity contribution in [3.63, 3.8) is 0 Å². The minimum Gasteiger partial charge on any atom is -0.395 e. The average Bonchev–Trinajstić information content (AvgIpc) is 2.47. The van der Waals surface area contributed by atoms with Crippen LogP contribution in [0.1, 0.15) is 48.7 Å². The Morgan fingerprint density at radius 3 is 2.81 bits per heavy atom. The first-order valence-corrected chi connectivity index (χ1v) is 7.59. The first kappa shape index (κ1) is 15.5. The van der Waals surface area contributed by atoms with E-state index in [1.165, 1.54) is 19.3 Å². The molecular formula is C17H22N2O2. The molecule has 2 rings (SSSR count). The second-order valence-corrected chi connectivity index (χ2v) is 5.35. The number of hydrogen-bond acceptors (Lipinski definition) is 3. The molecule has 0 atom stereocenters. The molecule has 21 heavy (non-hydrogen) atoms. The van der Waals surface area contributed by atoms with E-state index in [0.717, 1.165) is 18.7 Å². The zero-order chi connectivity index (χ0) is 15.1. The fourth-order valence-corrected chi connectivity index (χ4v) is 2.32. The number of aliphatic hydroxyl groups excluding tert-OH is 1. The molecule has 1 aromatic rings. The summed E-state index contributed by atoms with van der Waals surface area (Å²) in [6, 6.07) is 3.54. The third-order valence-corrected chi connectivity index (χ3v) is 3.82. The van der Waals surface area contributed by atoms with Crippen molar-refractivity contribution in [3.8, 4) is 11.8 Å². The highest BCUT2D eigenvalue weighted by Crippen LogP contribution is 2.27. The van der Waals surface area contributed by atoms with Gasteiger partial charge in [-0.1, -0.05) is 18.3 Å². The number of carbonyl (C=O) groups is 1. The molecule has 0 radical (unpaired) electrons. The minimum absolute atomic E-state index is 0.000678. The van der Waals surface area contributed by atoms with Gasteiger partial charge in [-0.3, -0.25) is 4.79 Å². The summed E-state index contributed by atoms with van der Waals surface area (Å²) in [6.45, 7) is 3.62. The minimum atomic E-state index is -0.000678. The lowest BCUT2D eigenvalue weighted by Gasteiger charge is -2.31. The van der Waals surface area contributed by atoms with E-state index in [1.807, 2.05) is 17.9 Å². The Kier molecular flexibility index (Phi) is 5.77. The Bertz CT molecular complexity index is 524. The Balaban J connectivity index is 1.99. The number of aromatic nitrogens is 1. The molecule has 0 aromatic carbocycles. The van der Waals surface area contributed by atoms with Crippen molar-refractivity contribution in [3.05, 3.63) is 29.6 Å². The lowest BCUT2D eigenvalue weighted by molar-refractivity contribution is 0.0700. The van der Waals surface area contributed by atoms with Crippen LogP contribution >= 0.6 is 0 Å². The van der Waals surface area contributed by atoms with Gasteiger partial charge in [-0.2, -0.15) is 0 Å². The van der Waals surface area contributed by atoms with E-state index in [1.54, 1.807) is 12.3 Å². The summed E-state index contributed by atoms with van der Waals surface area (Å²) >= 11 is 0. The molecule has 0 bridgehead atoms. The molecular weight excluding hydrogens is 264 g/mol. The van der Waals surface area contributed by atoms with Crippen LogP contribution in [0.15, 0.2) is 18.3 Å². The number of amides is 1. The maximum Gasteiger partial charge on any atom is 0.272 e. The summed E-state index contributed by atoms with van der Waals surface area (Å²) in [5.41, 5.74) is 1.24. The molecule has 1 aromatic heterocycles. The van der Waals surface area contributed by atoms with Crippen LogP contribution in [0.2, 0.25) is 0 Å². The van der Waals surface area contributed by atoms with E-state index in [4.69, 9.17) is 5.11 Å². The molecule has 1 aliphatic rings. The van der Waals surface area contributed by atoms with Crippen molar-refractivity contribution in [1.29, 1.82) is 0 Å². The van der Waals surface area contributed by atoms with Crippen LogP contribution in [0, 0.1) is 17.8 Å². The van der Waals surface area contributed by atoms with Gasteiger partial charge in [0.25, 0.3) is 5.91 Å². The number of rotatable bonds is 5. The van der Waals surface area contributed by atoms with Crippen LogP contribution in [0.5, 0.6) is 0 Å². The SMILES string of the molecule is CCN(CC1CCC1)C(=O)c1ccc(C#CCCO)cn1. The Morgan fingerprint density at radius 2 is 2.29 bits per heavy atom. The fraction of sp³-hybridized carbons (Fsp3) is 0.529. The zero-order valence-electron chi connectivity index (χ0n) is 12.5. The molecule has 0 unspecified atom stereocenters. The molecule has 4 heteroatoms. The van der Waals surface area contributed by atoms with Crippen molar-refractivity contribution in [2.75, 3.05) is 19.7 Å². The largest absolute Gasteiger partial charge is 0.395 e. The second kappa shape index (κ2) is 7.80. The third kappa shape index (κ3) is 4.30. The summed E-state index contributed by atoms with van der Waals surface area (Å²) in [4.78, 5) is 18.5. The topological polar surface area (TPSA) is 53.4 Å². The smallest absolute Gasteiger partial charge is 0.272 e. The lowest BCUT2D eigenvalue weighted by atomic mass is 9.85. The van der Waals surface area contributed by atoms with Crippen LogP contribution in [0.3, 0.4) is 0 Å². The summed E-state index contributed by atoms with van der Waals surface area (Å²) in [7, 11) is 0. The molecule has 1 heterocycles. The highest BCUT2D eigenvalue weighted by molar-refractivity contribution is 5.92. The van der Waals surface area contributed by atoms with Crippen LogP contribution < -0.4 is 0 Å². The van der Waals surface area contributed by atoms with E-state index in [9.17, 15) is 4.79 Å². The van der Waals surface area contributed by atoms with Gasteiger partial charge >= 0.3 is 0 Å². The number of pyridine rings is 1. The van der Waals surface area contributed by atoms with Crippen molar-refractivity contribution in [2.24, 2.45) is 5.92 Å². The van der Waals surface area contributed by atoms with Crippen molar-refractivity contribution in [1.82, 2.24) is 9.88 Å². The van der Waals surface area contributed by atoms with Gasteiger partial charge in [-0.25, -0.2) is 4.98 Å². The van der Waals surface area contributed by atoms with E-state index < -0.39 is 0 Å². The van der Waals surface area contributed by atoms with E-state index in [2.05, 4.69) is 16.8 Å². The first-order valence-electron chi connectivity index (χ1n) is 7.59. The number of carbonyl (C=O) groups excluding carboxylic acids is 1. The van der Waals surface area contributed by atoms with Gasteiger partial charge in [0.15, 0.2) is 0 Å². The maximum absolute atomic E-state index is 12.4. The standard InChI is InChI=1S/C17H22N2O2/c1-2-19(13-15-7-5-8-15)17(21)16-10-9-14(12-18-16)6-3-4-11-20/h9-10,12,15,20H,2,4-5,7-8,11,13H2,1H3. The number of hydrogen-bond donors (Lipinski definition) is 1.